The first-order valence-corrected chi connectivity index (χ1v) is 8.58. The van der Waals surface area contributed by atoms with Gasteiger partial charge in [0.25, 0.3) is 0 Å². The van der Waals surface area contributed by atoms with Crippen LogP contribution >= 0.6 is 0 Å². The molecule has 2 aromatic rings. The van der Waals surface area contributed by atoms with Crippen LogP contribution in [0.2, 0.25) is 0 Å². The van der Waals surface area contributed by atoms with Crippen LogP contribution in [0.5, 0.6) is 11.5 Å². The van der Waals surface area contributed by atoms with E-state index in [0.29, 0.717) is 17.9 Å². The highest BCUT2D eigenvalue weighted by atomic mass is 16.5. The Bertz CT molecular complexity index is 742. The molecule has 24 heavy (non-hydrogen) atoms. The summed E-state index contributed by atoms with van der Waals surface area (Å²) in [4.78, 5) is 0. The minimum atomic E-state index is 0.309. The van der Waals surface area contributed by atoms with Crippen LogP contribution in [0.1, 0.15) is 41.5 Å². The molecule has 4 heteroatoms. The second-order valence-corrected chi connectivity index (χ2v) is 6.69. The van der Waals surface area contributed by atoms with Gasteiger partial charge in [-0.05, 0) is 54.6 Å². The smallest absolute Gasteiger partial charge is 0.164 e. The first kappa shape index (κ1) is 15.3. The molecular formula is C20H24N2O2. The van der Waals surface area contributed by atoms with Crippen LogP contribution < -0.4 is 20.5 Å². The minimum Gasteiger partial charge on any atom is -0.493 e. The van der Waals surface area contributed by atoms with Crippen molar-refractivity contribution in [1.82, 2.24) is 5.32 Å². The van der Waals surface area contributed by atoms with Crippen molar-refractivity contribution in [3.05, 3.63) is 53.1 Å². The molecule has 1 fully saturated rings. The molecule has 3 N–H and O–H groups in total. The monoisotopic (exact) mass is 324 g/mol. The largest absolute Gasteiger partial charge is 0.493 e. The Kier molecular flexibility index (Phi) is 3.85. The molecule has 4 rings (SSSR count). The Morgan fingerprint density at radius 1 is 1.04 bits per heavy atom. The van der Waals surface area contributed by atoms with Gasteiger partial charge >= 0.3 is 0 Å². The molecule has 2 aromatic carbocycles. The maximum Gasteiger partial charge on any atom is 0.164 e. The second kappa shape index (κ2) is 6.02. The van der Waals surface area contributed by atoms with E-state index in [1.54, 1.807) is 14.2 Å². The van der Waals surface area contributed by atoms with Crippen LogP contribution in [0.15, 0.2) is 36.4 Å². The number of fused-ring (bicyclic) bond motifs is 3. The molecule has 3 unspecified atom stereocenters. The second-order valence-electron chi connectivity index (χ2n) is 6.69. The fraction of sp³-hybridized carbons (Fsp3) is 0.400. The van der Waals surface area contributed by atoms with Crippen molar-refractivity contribution < 1.29 is 9.47 Å². The molecule has 0 spiro atoms. The highest BCUT2D eigenvalue weighted by molar-refractivity contribution is 5.60. The van der Waals surface area contributed by atoms with Crippen molar-refractivity contribution in [3.63, 3.8) is 0 Å². The van der Waals surface area contributed by atoms with Gasteiger partial charge in [0.1, 0.15) is 0 Å². The summed E-state index contributed by atoms with van der Waals surface area (Å²) in [6, 6.07) is 12.9. The van der Waals surface area contributed by atoms with Crippen LogP contribution in [-0.4, -0.2) is 20.8 Å². The number of benzene rings is 2. The van der Waals surface area contributed by atoms with E-state index in [-0.39, 0.29) is 0 Å². The third-order valence-electron chi connectivity index (χ3n) is 5.49. The molecule has 126 valence electrons. The van der Waals surface area contributed by atoms with E-state index >= 15 is 0 Å². The predicted octanol–water partition coefficient (Wildman–Crippen LogP) is 3.47. The van der Waals surface area contributed by atoms with E-state index < -0.39 is 0 Å². The summed E-state index contributed by atoms with van der Waals surface area (Å²) in [6.45, 7) is 1.07. The van der Waals surface area contributed by atoms with Crippen molar-refractivity contribution in [1.29, 1.82) is 0 Å². The average Bonchev–Trinajstić information content (AvgIpc) is 2.96. The lowest BCUT2D eigenvalue weighted by atomic mass is 9.80. The van der Waals surface area contributed by atoms with E-state index in [1.807, 2.05) is 18.2 Å². The fourth-order valence-corrected chi connectivity index (χ4v) is 4.50. The number of ether oxygens (including phenoxy) is 2. The molecule has 2 aliphatic rings. The lowest BCUT2D eigenvalue weighted by Gasteiger charge is -2.31. The number of nitrogens with one attached hydrogen (secondary N) is 1. The molecule has 0 saturated carbocycles. The number of hydrogen-bond donors (Lipinski definition) is 2. The van der Waals surface area contributed by atoms with Crippen molar-refractivity contribution in [2.45, 2.75) is 24.8 Å². The quantitative estimate of drug-likeness (QED) is 0.849. The molecule has 1 aliphatic carbocycles. The highest BCUT2D eigenvalue weighted by Gasteiger charge is 2.44. The van der Waals surface area contributed by atoms with Crippen LogP contribution in [0.25, 0.3) is 0 Å². The van der Waals surface area contributed by atoms with Crippen LogP contribution in [0, 0.1) is 5.92 Å². The van der Waals surface area contributed by atoms with Gasteiger partial charge < -0.3 is 20.5 Å². The predicted molar refractivity (Wildman–Crippen MR) is 95.7 cm³/mol. The first-order chi connectivity index (χ1) is 11.7. The van der Waals surface area contributed by atoms with Gasteiger partial charge in [0.2, 0.25) is 0 Å². The third kappa shape index (κ3) is 2.25. The summed E-state index contributed by atoms with van der Waals surface area (Å²) >= 11 is 0. The lowest BCUT2D eigenvalue weighted by Crippen LogP contribution is -2.32. The van der Waals surface area contributed by atoms with E-state index in [4.69, 9.17) is 15.2 Å². The zero-order valence-electron chi connectivity index (χ0n) is 14.2. The van der Waals surface area contributed by atoms with Crippen molar-refractivity contribution in [2.75, 3.05) is 26.5 Å². The lowest BCUT2D eigenvalue weighted by molar-refractivity contribution is 0.285. The summed E-state index contributed by atoms with van der Waals surface area (Å²) in [6.07, 6.45) is 2.42. The van der Waals surface area contributed by atoms with Crippen LogP contribution in [-0.2, 0) is 0 Å². The van der Waals surface area contributed by atoms with Gasteiger partial charge in [0, 0.05) is 23.2 Å². The van der Waals surface area contributed by atoms with Gasteiger partial charge in [-0.1, -0.05) is 18.2 Å². The maximum atomic E-state index is 5.90. The number of methoxy groups -OCH3 is 2. The Balaban J connectivity index is 1.91. The van der Waals surface area contributed by atoms with Gasteiger partial charge in [-0.25, -0.2) is 0 Å². The summed E-state index contributed by atoms with van der Waals surface area (Å²) in [5.74, 6) is 2.52. The summed E-state index contributed by atoms with van der Waals surface area (Å²) in [5, 5.41) is 3.72. The van der Waals surface area contributed by atoms with Crippen LogP contribution in [0.3, 0.4) is 0 Å². The molecule has 0 bridgehead atoms. The topological polar surface area (TPSA) is 56.5 Å². The van der Waals surface area contributed by atoms with E-state index in [2.05, 4.69) is 23.5 Å². The zero-order valence-corrected chi connectivity index (χ0v) is 14.2. The number of nitrogens with two attached hydrogens (primary N) is 1. The average molecular weight is 324 g/mol. The van der Waals surface area contributed by atoms with Gasteiger partial charge in [0.15, 0.2) is 11.5 Å². The number of piperidine rings is 1. The first-order valence-electron chi connectivity index (χ1n) is 8.58. The molecule has 0 amide bonds. The normalized spacial score (nSPS) is 25.0. The Labute approximate surface area is 143 Å². The Hall–Kier alpha value is -2.20. The molecule has 3 atom stereocenters. The minimum absolute atomic E-state index is 0.309. The van der Waals surface area contributed by atoms with Gasteiger partial charge in [-0.2, -0.15) is 0 Å². The SMILES string of the molecule is COc1ccc2c(c1OC)C(c1ccc(N)cc1)C1CCCNC21. The van der Waals surface area contributed by atoms with Gasteiger partial charge in [-0.3, -0.25) is 0 Å². The van der Waals surface area contributed by atoms with E-state index in [0.717, 1.165) is 23.7 Å². The van der Waals surface area contributed by atoms with Crippen molar-refractivity contribution in [3.8, 4) is 11.5 Å². The summed E-state index contributed by atoms with van der Waals surface area (Å²) in [5.41, 5.74) is 10.6. The molecule has 0 aromatic heterocycles. The number of anilines is 1. The third-order valence-corrected chi connectivity index (χ3v) is 5.49. The molecular weight excluding hydrogens is 300 g/mol. The van der Waals surface area contributed by atoms with Crippen molar-refractivity contribution >= 4 is 5.69 Å². The molecule has 1 aliphatic heterocycles. The Morgan fingerprint density at radius 3 is 2.54 bits per heavy atom. The summed E-state index contributed by atoms with van der Waals surface area (Å²) in [7, 11) is 3.43. The maximum absolute atomic E-state index is 5.90. The van der Waals surface area contributed by atoms with Gasteiger partial charge in [-0.15, -0.1) is 0 Å². The summed E-state index contributed by atoms with van der Waals surface area (Å²) < 4.78 is 11.3. The zero-order chi connectivity index (χ0) is 16.7. The van der Waals surface area contributed by atoms with Gasteiger partial charge in [0.05, 0.1) is 14.2 Å². The Morgan fingerprint density at radius 2 is 1.83 bits per heavy atom. The molecule has 0 radical (unpaired) electrons. The molecule has 1 saturated heterocycles. The number of rotatable bonds is 3. The standard InChI is InChI=1S/C20H24N2O2/c1-23-16-10-9-15-18(20(16)24-2)17(12-5-7-13(21)8-6-12)14-4-3-11-22-19(14)15/h5-10,14,17,19,22H,3-4,11,21H2,1-2H3. The molecule has 1 heterocycles. The highest BCUT2D eigenvalue weighted by Crippen LogP contribution is 2.56. The number of hydrogen-bond acceptors (Lipinski definition) is 4. The van der Waals surface area contributed by atoms with Crippen LogP contribution in [0.4, 0.5) is 5.69 Å². The fourth-order valence-electron chi connectivity index (χ4n) is 4.50. The van der Waals surface area contributed by atoms with E-state index in [1.165, 1.54) is 29.5 Å². The van der Waals surface area contributed by atoms with E-state index in [9.17, 15) is 0 Å². The number of nitrogen functional groups attached to an aromatic ring is 1. The molecule has 4 nitrogen and oxygen atoms in total. The van der Waals surface area contributed by atoms with Crippen molar-refractivity contribution in [2.24, 2.45) is 5.92 Å².